The van der Waals surface area contributed by atoms with Crippen molar-refractivity contribution in [3.8, 4) is 5.82 Å². The molecular weight excluding hydrogens is 286 g/mol. The maximum atomic E-state index is 11.9. The number of benzene rings is 1. The lowest BCUT2D eigenvalue weighted by Crippen LogP contribution is -2.07. The lowest BCUT2D eigenvalue weighted by molar-refractivity contribution is 0.0602. The number of hydrogen-bond donors (Lipinski definition) is 0. The molecule has 9 nitrogen and oxygen atoms in total. The van der Waals surface area contributed by atoms with Crippen LogP contribution in [0, 0.1) is 0 Å². The summed E-state index contributed by atoms with van der Waals surface area (Å²) in [6.45, 7) is 0. The van der Waals surface area contributed by atoms with Crippen molar-refractivity contribution in [2.24, 2.45) is 5.11 Å². The first-order valence-electron chi connectivity index (χ1n) is 6.18. The van der Waals surface area contributed by atoms with Gasteiger partial charge in [-0.2, -0.15) is 5.10 Å². The van der Waals surface area contributed by atoms with Gasteiger partial charge in [0.1, 0.15) is 0 Å². The van der Waals surface area contributed by atoms with E-state index in [9.17, 15) is 4.79 Å². The first kappa shape index (κ1) is 13.5. The molecule has 3 rings (SSSR count). The molecule has 1 aromatic carbocycles. The van der Waals surface area contributed by atoms with Crippen LogP contribution in [0.3, 0.4) is 0 Å². The van der Waals surface area contributed by atoms with E-state index >= 15 is 0 Å². The normalized spacial score (nSPS) is 10.2. The van der Waals surface area contributed by atoms with Crippen molar-refractivity contribution in [3.05, 3.63) is 52.8 Å². The molecule has 0 radical (unpaired) electrons. The molecular formula is C13H9N7O2. The van der Waals surface area contributed by atoms with E-state index in [0.717, 1.165) is 5.39 Å². The lowest BCUT2D eigenvalue weighted by Gasteiger charge is -2.07. The summed E-state index contributed by atoms with van der Waals surface area (Å²) in [6, 6.07) is 5.15. The average Bonchev–Trinajstić information content (AvgIpc) is 2.99. The molecule has 9 heteroatoms. The maximum absolute atomic E-state index is 11.9. The monoisotopic (exact) mass is 295 g/mol. The molecule has 0 amide bonds. The number of esters is 1. The van der Waals surface area contributed by atoms with E-state index in [2.05, 4.69) is 25.1 Å². The Balaban J connectivity index is 2.33. The lowest BCUT2D eigenvalue weighted by atomic mass is 10.1. The van der Waals surface area contributed by atoms with Gasteiger partial charge in [0.15, 0.2) is 11.6 Å². The predicted octanol–water partition coefficient (Wildman–Crippen LogP) is 2.54. The Bertz CT molecular complexity index is 912. The van der Waals surface area contributed by atoms with Gasteiger partial charge in [-0.1, -0.05) is 12.1 Å². The minimum atomic E-state index is -0.499. The van der Waals surface area contributed by atoms with Crippen molar-refractivity contribution in [3.63, 3.8) is 0 Å². The zero-order chi connectivity index (χ0) is 15.5. The van der Waals surface area contributed by atoms with Crippen LogP contribution in [0.25, 0.3) is 27.2 Å². The fraction of sp³-hybridized carbons (Fsp3) is 0.0769. The zero-order valence-electron chi connectivity index (χ0n) is 11.4. The largest absolute Gasteiger partial charge is 0.465 e. The van der Waals surface area contributed by atoms with Crippen molar-refractivity contribution < 1.29 is 9.53 Å². The molecule has 2 heterocycles. The van der Waals surface area contributed by atoms with Gasteiger partial charge in [-0.25, -0.2) is 19.4 Å². The Morgan fingerprint density at radius 2 is 2.18 bits per heavy atom. The van der Waals surface area contributed by atoms with Gasteiger partial charge in [0.05, 0.1) is 24.4 Å². The minimum absolute atomic E-state index is 0.0645. The first-order valence-corrected chi connectivity index (χ1v) is 6.18. The van der Waals surface area contributed by atoms with Gasteiger partial charge in [-0.15, -0.1) is 0 Å². The van der Waals surface area contributed by atoms with Crippen LogP contribution in [0.5, 0.6) is 0 Å². The van der Waals surface area contributed by atoms with Crippen molar-refractivity contribution in [1.82, 2.24) is 19.7 Å². The van der Waals surface area contributed by atoms with Crippen LogP contribution in [0.2, 0.25) is 0 Å². The number of methoxy groups -OCH3 is 1. The van der Waals surface area contributed by atoms with Gasteiger partial charge in [0.25, 0.3) is 0 Å². The van der Waals surface area contributed by atoms with Crippen molar-refractivity contribution in [2.75, 3.05) is 7.11 Å². The number of para-hydroxylation sites is 1. The van der Waals surface area contributed by atoms with Crippen LogP contribution in [-0.4, -0.2) is 32.8 Å². The van der Waals surface area contributed by atoms with E-state index in [0.29, 0.717) is 11.1 Å². The molecule has 0 aliphatic heterocycles. The van der Waals surface area contributed by atoms with Gasteiger partial charge < -0.3 is 4.74 Å². The van der Waals surface area contributed by atoms with Crippen molar-refractivity contribution in [1.29, 1.82) is 0 Å². The molecule has 2 aromatic heterocycles. The Morgan fingerprint density at radius 3 is 2.95 bits per heavy atom. The summed E-state index contributed by atoms with van der Waals surface area (Å²) in [5.41, 5.74) is 9.46. The number of fused-ring (bicyclic) bond motifs is 1. The standard InChI is InChI=1S/C13H9N7O2/c1-22-13(21)9-4-2-3-8-7-17-20(10(8)9)12-11(18-19-14)15-5-6-16-12/h2-7H,1H3. The molecule has 0 spiro atoms. The topological polar surface area (TPSA) is 119 Å². The minimum Gasteiger partial charge on any atom is -0.465 e. The van der Waals surface area contributed by atoms with Gasteiger partial charge >= 0.3 is 5.97 Å². The second kappa shape index (κ2) is 5.51. The fourth-order valence-electron chi connectivity index (χ4n) is 2.10. The number of carbonyl (C=O) groups is 1. The number of azide groups is 1. The quantitative estimate of drug-likeness (QED) is 0.318. The summed E-state index contributed by atoms with van der Waals surface area (Å²) in [5.74, 6) is -0.206. The summed E-state index contributed by atoms with van der Waals surface area (Å²) in [6.07, 6.45) is 4.43. The van der Waals surface area contributed by atoms with E-state index in [1.54, 1.807) is 24.4 Å². The zero-order valence-corrected chi connectivity index (χ0v) is 11.4. The van der Waals surface area contributed by atoms with Crippen LogP contribution in [0.15, 0.2) is 41.9 Å². The highest BCUT2D eigenvalue weighted by molar-refractivity contribution is 6.03. The van der Waals surface area contributed by atoms with Gasteiger partial charge in [0, 0.05) is 22.7 Å². The summed E-state index contributed by atoms with van der Waals surface area (Å²) >= 11 is 0. The van der Waals surface area contributed by atoms with Crippen LogP contribution in [0.4, 0.5) is 5.82 Å². The molecule has 0 bridgehead atoms. The SMILES string of the molecule is COC(=O)c1cccc2cnn(-c3nccnc3N=[N+]=[N-])c12. The Morgan fingerprint density at radius 1 is 1.36 bits per heavy atom. The third-order valence-electron chi connectivity index (χ3n) is 3.00. The number of ether oxygens (including phenoxy) is 1. The molecule has 0 aliphatic rings. The van der Waals surface area contributed by atoms with Gasteiger partial charge in [0.2, 0.25) is 0 Å². The molecule has 0 atom stereocenters. The van der Waals surface area contributed by atoms with Gasteiger partial charge in [-0.05, 0) is 16.7 Å². The van der Waals surface area contributed by atoms with Crippen LogP contribution >= 0.6 is 0 Å². The first-order chi connectivity index (χ1) is 10.8. The van der Waals surface area contributed by atoms with Crippen LogP contribution in [0.1, 0.15) is 10.4 Å². The molecule has 0 saturated heterocycles. The Hall–Kier alpha value is -3.45. The van der Waals surface area contributed by atoms with E-state index in [1.165, 1.54) is 24.2 Å². The summed E-state index contributed by atoms with van der Waals surface area (Å²) in [7, 11) is 1.30. The highest BCUT2D eigenvalue weighted by atomic mass is 16.5. The molecule has 0 saturated carbocycles. The summed E-state index contributed by atoms with van der Waals surface area (Å²) in [4.78, 5) is 22.8. The average molecular weight is 295 g/mol. The van der Waals surface area contributed by atoms with E-state index < -0.39 is 5.97 Å². The predicted molar refractivity (Wildman–Crippen MR) is 76.8 cm³/mol. The third kappa shape index (κ3) is 2.11. The molecule has 0 unspecified atom stereocenters. The smallest absolute Gasteiger partial charge is 0.340 e. The fourth-order valence-corrected chi connectivity index (χ4v) is 2.10. The van der Waals surface area contributed by atoms with Crippen molar-refractivity contribution in [2.45, 2.75) is 0 Å². The number of carbonyl (C=O) groups excluding carboxylic acids is 1. The van der Waals surface area contributed by atoms with Gasteiger partial charge in [-0.3, -0.25) is 0 Å². The second-order valence-electron chi connectivity index (χ2n) is 4.18. The second-order valence-corrected chi connectivity index (χ2v) is 4.18. The molecule has 0 aliphatic carbocycles. The number of aromatic nitrogens is 4. The van der Waals surface area contributed by atoms with E-state index in [4.69, 9.17) is 10.3 Å². The van der Waals surface area contributed by atoms with E-state index in [-0.39, 0.29) is 11.6 Å². The molecule has 22 heavy (non-hydrogen) atoms. The van der Waals surface area contributed by atoms with E-state index in [1.807, 2.05) is 0 Å². The summed E-state index contributed by atoms with van der Waals surface area (Å²) in [5, 5.41) is 8.43. The number of nitrogens with zero attached hydrogens (tertiary/aromatic N) is 7. The number of rotatable bonds is 3. The molecule has 3 aromatic rings. The van der Waals surface area contributed by atoms with Crippen LogP contribution < -0.4 is 0 Å². The third-order valence-corrected chi connectivity index (χ3v) is 3.00. The highest BCUT2D eigenvalue weighted by Crippen LogP contribution is 2.25. The molecule has 0 N–H and O–H groups in total. The maximum Gasteiger partial charge on any atom is 0.340 e. The summed E-state index contributed by atoms with van der Waals surface area (Å²) < 4.78 is 6.19. The van der Waals surface area contributed by atoms with Crippen molar-refractivity contribution >= 4 is 22.7 Å². The Labute approximate surface area is 123 Å². The Kier molecular flexibility index (Phi) is 3.39. The number of hydrogen-bond acceptors (Lipinski definition) is 6. The molecule has 108 valence electrons. The molecule has 0 fully saturated rings. The van der Waals surface area contributed by atoms with Crippen LogP contribution in [-0.2, 0) is 4.74 Å². The highest BCUT2D eigenvalue weighted by Gasteiger charge is 2.18.